The molecular weight excluding hydrogens is 362 g/mol. The van der Waals surface area contributed by atoms with Gasteiger partial charge in [-0.15, -0.1) is 0 Å². The predicted molar refractivity (Wildman–Crippen MR) is 119 cm³/mol. The molecule has 2 rings (SSSR count). The lowest BCUT2D eigenvalue weighted by atomic mass is 9.77. The maximum absolute atomic E-state index is 12.2. The number of carbonyl (C=O) groups is 1. The lowest BCUT2D eigenvalue weighted by Gasteiger charge is -2.29. The van der Waals surface area contributed by atoms with Gasteiger partial charge in [-0.1, -0.05) is 51.3 Å². The van der Waals surface area contributed by atoms with Crippen LogP contribution >= 0.6 is 0 Å². The summed E-state index contributed by atoms with van der Waals surface area (Å²) in [4.78, 5) is 14.2. The van der Waals surface area contributed by atoms with E-state index in [1.165, 1.54) is 56.9 Å². The molecule has 0 aromatic heterocycles. The number of likely N-dealkylation sites (N-methyl/N-ethyl adjacent to an activating group) is 1. The van der Waals surface area contributed by atoms with E-state index in [0.717, 1.165) is 12.5 Å². The first kappa shape index (κ1) is 23.6. The molecule has 4 nitrogen and oxygen atoms in total. The van der Waals surface area contributed by atoms with Gasteiger partial charge in [-0.3, -0.25) is 0 Å². The van der Waals surface area contributed by atoms with Crippen LogP contribution < -0.4 is 4.74 Å². The van der Waals surface area contributed by atoms with E-state index in [9.17, 15) is 4.79 Å². The first-order chi connectivity index (χ1) is 14.0. The molecule has 0 spiro atoms. The summed E-state index contributed by atoms with van der Waals surface area (Å²) < 4.78 is 10.9. The maximum atomic E-state index is 12.2. The zero-order valence-corrected chi connectivity index (χ0v) is 18.6. The molecule has 0 unspecified atom stereocenters. The molecule has 0 heterocycles. The molecule has 0 aliphatic heterocycles. The van der Waals surface area contributed by atoms with E-state index < -0.39 is 5.97 Å². The molecule has 0 radical (unpaired) electrons. The quantitative estimate of drug-likeness (QED) is 0.198. The highest BCUT2D eigenvalue weighted by molar-refractivity contribution is 5.89. The SMILES string of the molecule is C=C(COCCN(C)C)C(=O)Oc1ccc(C2CCC(CCCCC)CC2)cc1. The van der Waals surface area contributed by atoms with Gasteiger partial charge < -0.3 is 14.4 Å². The molecule has 1 aromatic rings. The Labute approximate surface area is 177 Å². The zero-order chi connectivity index (χ0) is 21.1. The average molecular weight is 402 g/mol. The standard InChI is InChI=1S/C25H39NO3/c1-5-6-7-8-21-9-11-22(12-10-21)23-13-15-24(16-14-23)29-25(27)20(2)19-28-18-17-26(3)4/h13-16,21-22H,2,5-12,17-19H2,1,3-4H3. The number of carbonyl (C=O) groups excluding carboxylic acids is 1. The predicted octanol–water partition coefficient (Wildman–Crippen LogP) is 5.58. The van der Waals surface area contributed by atoms with Crippen molar-refractivity contribution in [2.45, 2.75) is 64.2 Å². The fourth-order valence-electron chi connectivity index (χ4n) is 3.96. The lowest BCUT2D eigenvalue weighted by Crippen LogP contribution is -2.20. The van der Waals surface area contributed by atoms with Crippen LogP contribution in [0.4, 0.5) is 0 Å². The molecule has 0 N–H and O–H groups in total. The van der Waals surface area contributed by atoms with E-state index in [2.05, 4.69) is 25.6 Å². The number of ether oxygens (including phenoxy) is 2. The molecule has 0 amide bonds. The fraction of sp³-hybridized carbons (Fsp3) is 0.640. The van der Waals surface area contributed by atoms with Crippen molar-refractivity contribution in [3.05, 3.63) is 42.0 Å². The minimum atomic E-state index is -0.421. The number of unbranched alkanes of at least 4 members (excludes halogenated alkanes) is 2. The topological polar surface area (TPSA) is 38.8 Å². The molecular formula is C25H39NO3. The highest BCUT2D eigenvalue weighted by Crippen LogP contribution is 2.38. The van der Waals surface area contributed by atoms with Crippen LogP contribution in [-0.4, -0.2) is 44.7 Å². The van der Waals surface area contributed by atoms with Gasteiger partial charge in [0.25, 0.3) is 0 Å². The highest BCUT2D eigenvalue weighted by Gasteiger charge is 2.22. The van der Waals surface area contributed by atoms with Gasteiger partial charge in [0.2, 0.25) is 0 Å². The molecule has 0 bridgehead atoms. The first-order valence-corrected chi connectivity index (χ1v) is 11.2. The monoisotopic (exact) mass is 401 g/mol. The minimum absolute atomic E-state index is 0.201. The second kappa shape index (κ2) is 12.8. The summed E-state index contributed by atoms with van der Waals surface area (Å²) >= 11 is 0. The number of hydrogen-bond donors (Lipinski definition) is 0. The summed E-state index contributed by atoms with van der Waals surface area (Å²) in [6, 6.07) is 8.03. The van der Waals surface area contributed by atoms with Gasteiger partial charge in [-0.25, -0.2) is 4.79 Å². The summed E-state index contributed by atoms with van der Waals surface area (Å²) in [5, 5.41) is 0. The third-order valence-electron chi connectivity index (χ3n) is 5.87. The Balaban J connectivity index is 1.73. The Morgan fingerprint density at radius 3 is 2.41 bits per heavy atom. The molecule has 4 heteroatoms. The summed E-state index contributed by atoms with van der Waals surface area (Å²) in [7, 11) is 3.96. The Bertz CT molecular complexity index is 615. The van der Waals surface area contributed by atoms with Crippen LogP contribution in [-0.2, 0) is 9.53 Å². The third-order valence-corrected chi connectivity index (χ3v) is 5.87. The van der Waals surface area contributed by atoms with Crippen molar-refractivity contribution in [1.29, 1.82) is 0 Å². The van der Waals surface area contributed by atoms with Crippen LogP contribution in [0.5, 0.6) is 5.75 Å². The number of esters is 1. The van der Waals surface area contributed by atoms with Crippen molar-refractivity contribution in [2.24, 2.45) is 5.92 Å². The highest BCUT2D eigenvalue weighted by atomic mass is 16.5. The Morgan fingerprint density at radius 2 is 1.79 bits per heavy atom. The van der Waals surface area contributed by atoms with Crippen LogP contribution in [0.15, 0.2) is 36.4 Å². The largest absolute Gasteiger partial charge is 0.423 e. The zero-order valence-electron chi connectivity index (χ0n) is 18.6. The van der Waals surface area contributed by atoms with Crippen LogP contribution in [0.3, 0.4) is 0 Å². The van der Waals surface area contributed by atoms with Gasteiger partial charge in [0.05, 0.1) is 18.8 Å². The van der Waals surface area contributed by atoms with E-state index in [0.29, 0.717) is 23.8 Å². The number of nitrogens with zero attached hydrogens (tertiary/aromatic N) is 1. The van der Waals surface area contributed by atoms with E-state index in [4.69, 9.17) is 9.47 Å². The van der Waals surface area contributed by atoms with E-state index in [-0.39, 0.29) is 6.61 Å². The molecule has 1 aliphatic rings. The van der Waals surface area contributed by atoms with Crippen molar-refractivity contribution in [1.82, 2.24) is 4.90 Å². The molecule has 1 aromatic carbocycles. The van der Waals surface area contributed by atoms with Crippen molar-refractivity contribution >= 4 is 5.97 Å². The molecule has 29 heavy (non-hydrogen) atoms. The third kappa shape index (κ3) is 8.71. The fourth-order valence-corrected chi connectivity index (χ4v) is 3.96. The van der Waals surface area contributed by atoms with Gasteiger partial charge in [0.15, 0.2) is 0 Å². The van der Waals surface area contributed by atoms with E-state index in [1.54, 1.807) is 0 Å². The first-order valence-electron chi connectivity index (χ1n) is 11.2. The van der Waals surface area contributed by atoms with Crippen molar-refractivity contribution in [3.8, 4) is 5.75 Å². The van der Waals surface area contributed by atoms with Crippen LogP contribution in [0.2, 0.25) is 0 Å². The Hall–Kier alpha value is -1.65. The molecule has 0 atom stereocenters. The molecule has 1 aliphatic carbocycles. The molecule has 0 saturated heterocycles. The van der Waals surface area contributed by atoms with Gasteiger partial charge in [0.1, 0.15) is 5.75 Å². The van der Waals surface area contributed by atoms with Crippen molar-refractivity contribution in [3.63, 3.8) is 0 Å². The summed E-state index contributed by atoms with van der Waals surface area (Å²) in [6.45, 7) is 7.63. The number of rotatable bonds is 12. The molecule has 1 fully saturated rings. The second-order valence-electron chi connectivity index (χ2n) is 8.63. The summed E-state index contributed by atoms with van der Waals surface area (Å²) in [6.07, 6.45) is 10.7. The normalized spacial score (nSPS) is 19.3. The lowest BCUT2D eigenvalue weighted by molar-refractivity contribution is -0.130. The summed E-state index contributed by atoms with van der Waals surface area (Å²) in [5.74, 6) is 1.71. The van der Waals surface area contributed by atoms with Gasteiger partial charge in [-0.05, 0) is 69.3 Å². The summed E-state index contributed by atoms with van der Waals surface area (Å²) in [5.41, 5.74) is 1.71. The van der Waals surface area contributed by atoms with Crippen molar-refractivity contribution in [2.75, 3.05) is 33.9 Å². The van der Waals surface area contributed by atoms with Crippen LogP contribution in [0.1, 0.15) is 69.8 Å². The van der Waals surface area contributed by atoms with Gasteiger partial charge >= 0.3 is 5.97 Å². The molecule has 1 saturated carbocycles. The maximum Gasteiger partial charge on any atom is 0.341 e. The second-order valence-corrected chi connectivity index (χ2v) is 8.63. The minimum Gasteiger partial charge on any atom is -0.423 e. The Morgan fingerprint density at radius 1 is 1.10 bits per heavy atom. The van der Waals surface area contributed by atoms with Crippen LogP contribution in [0, 0.1) is 5.92 Å². The smallest absolute Gasteiger partial charge is 0.341 e. The Kier molecular flexibility index (Phi) is 10.4. The van der Waals surface area contributed by atoms with Crippen LogP contribution in [0.25, 0.3) is 0 Å². The number of hydrogen-bond acceptors (Lipinski definition) is 4. The molecule has 162 valence electrons. The van der Waals surface area contributed by atoms with E-state index in [1.807, 2.05) is 31.1 Å². The van der Waals surface area contributed by atoms with Crippen molar-refractivity contribution < 1.29 is 14.3 Å². The average Bonchev–Trinajstić information content (AvgIpc) is 2.72. The van der Waals surface area contributed by atoms with E-state index >= 15 is 0 Å². The van der Waals surface area contributed by atoms with Gasteiger partial charge in [0, 0.05) is 6.54 Å². The van der Waals surface area contributed by atoms with Gasteiger partial charge in [-0.2, -0.15) is 0 Å². The number of benzene rings is 1.